The number of carbonyl (C=O) groups excluding carboxylic acids is 3. The maximum Gasteiger partial charge on any atom is 0.256 e. The van der Waals surface area contributed by atoms with Crippen LogP contribution in [0.1, 0.15) is 51.4 Å². The molecule has 3 heterocycles. The van der Waals surface area contributed by atoms with E-state index < -0.39 is 65.1 Å². The Kier molecular flexibility index (Phi) is 7.09. The SMILES string of the molecule is O=C(COC1CCC(Cl)C(F)C1)NC12CCC(NC(=O)C3CC(C(F)F)NO3)(CC1)NC2=O. The molecule has 5 atom stereocenters. The molecule has 0 aromatic heterocycles. The van der Waals surface area contributed by atoms with Crippen molar-refractivity contribution in [2.45, 2.75) is 98.8 Å². The van der Waals surface area contributed by atoms with Gasteiger partial charge in [0, 0.05) is 12.8 Å². The largest absolute Gasteiger partial charge is 0.368 e. The zero-order valence-electron chi connectivity index (χ0n) is 17.9. The number of alkyl halides is 4. The molecule has 3 aliphatic heterocycles. The normalized spacial score (nSPS) is 40.5. The average Bonchev–Trinajstić information content (AvgIpc) is 3.27. The number of amides is 3. The Morgan fingerprint density at radius 1 is 1.18 bits per heavy atom. The second-order valence-electron chi connectivity index (χ2n) is 9.33. The van der Waals surface area contributed by atoms with Crippen LogP contribution in [0.2, 0.25) is 0 Å². The minimum Gasteiger partial charge on any atom is -0.368 e. The summed E-state index contributed by atoms with van der Waals surface area (Å²) in [5, 5.41) is 7.71. The average molecular weight is 497 g/mol. The predicted molar refractivity (Wildman–Crippen MR) is 109 cm³/mol. The maximum absolute atomic E-state index is 13.7. The van der Waals surface area contributed by atoms with Crippen molar-refractivity contribution in [2.75, 3.05) is 6.61 Å². The van der Waals surface area contributed by atoms with E-state index in [1.807, 2.05) is 0 Å². The van der Waals surface area contributed by atoms with Gasteiger partial charge in [0.05, 0.1) is 17.5 Å². The lowest BCUT2D eigenvalue weighted by atomic mass is 9.70. The van der Waals surface area contributed by atoms with E-state index in [4.69, 9.17) is 21.2 Å². The van der Waals surface area contributed by atoms with Gasteiger partial charge in [-0.3, -0.25) is 19.2 Å². The first-order valence-corrected chi connectivity index (χ1v) is 11.6. The number of rotatable bonds is 7. The lowest BCUT2D eigenvalue weighted by molar-refractivity contribution is -0.150. The number of hydrogen-bond acceptors (Lipinski definition) is 6. The summed E-state index contributed by atoms with van der Waals surface area (Å²) in [6.07, 6.45) is -3.04. The topological polar surface area (TPSA) is 118 Å². The van der Waals surface area contributed by atoms with Crippen molar-refractivity contribution in [3.8, 4) is 0 Å². The van der Waals surface area contributed by atoms with Crippen molar-refractivity contribution in [1.29, 1.82) is 0 Å². The highest BCUT2D eigenvalue weighted by Gasteiger charge is 2.56. The molecule has 0 spiro atoms. The molecule has 5 rings (SSSR count). The fourth-order valence-corrected chi connectivity index (χ4v) is 5.18. The number of nitrogens with one attached hydrogen (secondary N) is 4. The Labute approximate surface area is 193 Å². The number of hydrogen-bond donors (Lipinski definition) is 4. The molecular formula is C20H28ClF3N4O5. The molecule has 4 N–H and O–H groups in total. The smallest absolute Gasteiger partial charge is 0.256 e. The Morgan fingerprint density at radius 2 is 1.91 bits per heavy atom. The van der Waals surface area contributed by atoms with Crippen LogP contribution in [0.25, 0.3) is 0 Å². The van der Waals surface area contributed by atoms with Gasteiger partial charge < -0.3 is 20.7 Å². The van der Waals surface area contributed by atoms with E-state index in [-0.39, 0.29) is 32.3 Å². The molecule has 3 amide bonds. The zero-order valence-corrected chi connectivity index (χ0v) is 18.6. The number of fused-ring (bicyclic) bond motifs is 3. The molecule has 2 aliphatic carbocycles. The summed E-state index contributed by atoms with van der Waals surface area (Å²) in [7, 11) is 0. The Balaban J connectivity index is 1.26. The molecular weight excluding hydrogens is 469 g/mol. The minimum absolute atomic E-state index is 0.133. The van der Waals surface area contributed by atoms with Gasteiger partial charge in [-0.1, -0.05) is 0 Å². The first-order chi connectivity index (χ1) is 15.6. The third-order valence-corrected chi connectivity index (χ3v) is 7.50. The molecule has 0 aromatic rings. The standard InChI is InChI=1S/C20H28ClF3N4O5/c21-11-2-1-10(7-12(11)22)32-9-15(29)25-19-3-5-20(6-4-19,27-18(19)31)26-17(30)14-8-13(16(23)24)28-33-14/h10-14,16,28H,1-9H2,(H,25,29)(H,26,30)(H,27,31). The van der Waals surface area contributed by atoms with Gasteiger partial charge in [0.1, 0.15) is 24.0 Å². The third-order valence-electron chi connectivity index (χ3n) is 7.01. The van der Waals surface area contributed by atoms with Crippen molar-refractivity contribution in [2.24, 2.45) is 0 Å². The van der Waals surface area contributed by atoms with Gasteiger partial charge in [0.25, 0.3) is 12.3 Å². The Morgan fingerprint density at radius 3 is 2.52 bits per heavy atom. The molecule has 186 valence electrons. The Bertz CT molecular complexity index is 783. The highest BCUT2D eigenvalue weighted by molar-refractivity contribution is 6.21. The van der Waals surface area contributed by atoms with E-state index in [9.17, 15) is 27.6 Å². The number of carbonyl (C=O) groups is 3. The summed E-state index contributed by atoms with van der Waals surface area (Å²) in [5.41, 5.74) is 0.0266. The van der Waals surface area contributed by atoms with E-state index >= 15 is 0 Å². The molecule has 2 saturated carbocycles. The van der Waals surface area contributed by atoms with Crippen molar-refractivity contribution < 1.29 is 37.1 Å². The summed E-state index contributed by atoms with van der Waals surface area (Å²) >= 11 is 5.86. The van der Waals surface area contributed by atoms with E-state index in [1.54, 1.807) is 0 Å². The van der Waals surface area contributed by atoms with E-state index in [0.29, 0.717) is 25.7 Å². The van der Waals surface area contributed by atoms with Crippen LogP contribution in [0.15, 0.2) is 0 Å². The second-order valence-corrected chi connectivity index (χ2v) is 9.90. The third kappa shape index (κ3) is 5.23. The molecule has 9 nitrogen and oxygen atoms in total. The molecule has 13 heteroatoms. The molecule has 5 aliphatic rings. The second kappa shape index (κ2) is 9.55. The van der Waals surface area contributed by atoms with Crippen LogP contribution in [-0.2, 0) is 24.0 Å². The van der Waals surface area contributed by atoms with Crippen LogP contribution in [-0.4, -0.2) is 71.8 Å². The number of halogens is 4. The Hall–Kier alpha value is -1.63. The number of hydroxylamine groups is 1. The van der Waals surface area contributed by atoms with Crippen molar-refractivity contribution in [3.63, 3.8) is 0 Å². The van der Waals surface area contributed by atoms with Gasteiger partial charge >= 0.3 is 0 Å². The fraction of sp³-hybridized carbons (Fsp3) is 0.850. The first-order valence-electron chi connectivity index (χ1n) is 11.2. The van der Waals surface area contributed by atoms with Crippen LogP contribution in [0.3, 0.4) is 0 Å². The summed E-state index contributed by atoms with van der Waals surface area (Å²) in [6.45, 7) is -0.293. The van der Waals surface area contributed by atoms with Crippen LogP contribution < -0.4 is 21.4 Å². The van der Waals surface area contributed by atoms with Gasteiger partial charge in [0.15, 0.2) is 6.10 Å². The quantitative estimate of drug-likeness (QED) is 0.387. The van der Waals surface area contributed by atoms with Crippen molar-refractivity contribution in [3.05, 3.63) is 0 Å². The lowest BCUT2D eigenvalue weighted by Gasteiger charge is -2.53. The number of ether oxygens (including phenoxy) is 1. The summed E-state index contributed by atoms with van der Waals surface area (Å²) in [6, 6.07) is -1.23. The summed E-state index contributed by atoms with van der Waals surface area (Å²) in [4.78, 5) is 42.8. The molecule has 0 radical (unpaired) electrons. The maximum atomic E-state index is 13.7. The molecule has 2 bridgehead atoms. The molecule has 5 unspecified atom stereocenters. The monoisotopic (exact) mass is 496 g/mol. The molecule has 0 aromatic carbocycles. The van der Waals surface area contributed by atoms with Crippen LogP contribution in [0, 0.1) is 0 Å². The van der Waals surface area contributed by atoms with Gasteiger partial charge in [-0.25, -0.2) is 13.2 Å². The first kappa shape index (κ1) is 24.5. The van der Waals surface area contributed by atoms with E-state index in [2.05, 4.69) is 21.4 Å². The van der Waals surface area contributed by atoms with Crippen LogP contribution in [0.5, 0.6) is 0 Å². The van der Waals surface area contributed by atoms with Crippen molar-refractivity contribution in [1.82, 2.24) is 21.4 Å². The predicted octanol–water partition coefficient (Wildman–Crippen LogP) is 0.800. The van der Waals surface area contributed by atoms with Gasteiger partial charge in [-0.05, 0) is 38.5 Å². The van der Waals surface area contributed by atoms with Gasteiger partial charge in [-0.15, -0.1) is 11.6 Å². The van der Waals surface area contributed by atoms with Crippen molar-refractivity contribution >= 4 is 29.3 Å². The molecule has 5 fully saturated rings. The van der Waals surface area contributed by atoms with Crippen LogP contribution in [0.4, 0.5) is 13.2 Å². The summed E-state index contributed by atoms with van der Waals surface area (Å²) < 4.78 is 44.8. The number of piperidine rings is 2. The lowest BCUT2D eigenvalue weighted by Crippen LogP contribution is -2.77. The van der Waals surface area contributed by atoms with E-state index in [1.165, 1.54) is 0 Å². The highest BCUT2D eigenvalue weighted by Crippen LogP contribution is 2.39. The van der Waals surface area contributed by atoms with Gasteiger partial charge in [-0.2, -0.15) is 5.48 Å². The molecule has 3 saturated heterocycles. The zero-order chi connectivity index (χ0) is 23.8. The molecule has 33 heavy (non-hydrogen) atoms. The fourth-order valence-electron chi connectivity index (χ4n) is 4.95. The summed E-state index contributed by atoms with van der Waals surface area (Å²) in [5.74, 6) is -1.50. The van der Waals surface area contributed by atoms with Crippen LogP contribution >= 0.6 is 11.6 Å². The minimum atomic E-state index is -2.66. The van der Waals surface area contributed by atoms with E-state index in [0.717, 1.165) is 0 Å². The van der Waals surface area contributed by atoms with Gasteiger partial charge in [0.2, 0.25) is 11.8 Å². The highest BCUT2D eigenvalue weighted by atomic mass is 35.5.